The first-order valence-electron chi connectivity index (χ1n) is 8.76. The zero-order valence-corrected chi connectivity index (χ0v) is 15.4. The lowest BCUT2D eigenvalue weighted by molar-refractivity contribution is -0.126. The van der Waals surface area contributed by atoms with Crippen LogP contribution < -0.4 is 5.32 Å². The highest BCUT2D eigenvalue weighted by Gasteiger charge is 2.32. The molecule has 1 aliphatic carbocycles. The second-order valence-corrected chi connectivity index (χ2v) is 6.57. The molecule has 3 rings (SSSR count). The Morgan fingerprint density at radius 1 is 1.31 bits per heavy atom. The smallest absolute Gasteiger partial charge is 0.216 e. The molecule has 1 amide bonds. The molecule has 26 heavy (non-hydrogen) atoms. The Labute approximate surface area is 154 Å². The van der Waals surface area contributed by atoms with E-state index in [1.807, 2.05) is 37.5 Å². The number of amides is 1. The number of carbonyl (C=O) groups excluding carboxylic acids is 2. The molecule has 0 aromatic heterocycles. The summed E-state index contributed by atoms with van der Waals surface area (Å²) in [5, 5.41) is 2.87. The maximum absolute atomic E-state index is 12.3. The zero-order valence-electron chi connectivity index (χ0n) is 15.4. The molecule has 1 aromatic rings. The number of nitrogens with one attached hydrogen (secondary N) is 1. The summed E-state index contributed by atoms with van der Waals surface area (Å²) in [6.07, 6.45) is 4.49. The Balaban J connectivity index is 2.08. The van der Waals surface area contributed by atoms with Gasteiger partial charge in [-0.05, 0) is 22.8 Å². The van der Waals surface area contributed by atoms with Gasteiger partial charge in [-0.3, -0.25) is 9.59 Å². The largest absolute Gasteiger partial charge is 0.370 e. The predicted molar refractivity (Wildman–Crippen MR) is 101 cm³/mol. The second-order valence-electron chi connectivity index (χ2n) is 6.57. The molecule has 5 nitrogen and oxygen atoms in total. The van der Waals surface area contributed by atoms with Gasteiger partial charge in [0.05, 0.1) is 0 Å². The molecule has 1 aromatic carbocycles. The molecule has 0 spiro atoms. The summed E-state index contributed by atoms with van der Waals surface area (Å²) in [5.74, 6) is 0.0356. The zero-order chi connectivity index (χ0) is 18.7. The van der Waals surface area contributed by atoms with Gasteiger partial charge in [0.15, 0.2) is 5.78 Å². The fourth-order valence-electron chi connectivity index (χ4n) is 3.52. The molecule has 0 fully saturated rings. The van der Waals surface area contributed by atoms with Crippen molar-refractivity contribution in [2.24, 2.45) is 0 Å². The number of Topliss-reactive ketones (excluding diaryl/α,β-unsaturated/α-hetero) is 1. The number of ketones is 1. The van der Waals surface area contributed by atoms with E-state index in [4.69, 9.17) is 4.74 Å². The van der Waals surface area contributed by atoms with Crippen LogP contribution in [0.3, 0.4) is 0 Å². The average Bonchev–Trinajstić information content (AvgIpc) is 2.62. The van der Waals surface area contributed by atoms with Gasteiger partial charge in [0.1, 0.15) is 6.10 Å². The van der Waals surface area contributed by atoms with Crippen LogP contribution in [0.25, 0.3) is 5.57 Å². The lowest BCUT2D eigenvalue weighted by atomic mass is 9.81. The third kappa shape index (κ3) is 3.63. The quantitative estimate of drug-likeness (QED) is 0.885. The molecule has 0 bridgehead atoms. The number of carbonyl (C=O) groups is 2. The Morgan fingerprint density at radius 3 is 2.69 bits per heavy atom. The molecule has 0 radical (unpaired) electrons. The summed E-state index contributed by atoms with van der Waals surface area (Å²) in [7, 11) is 3.55. The van der Waals surface area contributed by atoms with Crippen molar-refractivity contribution in [3.8, 4) is 0 Å². The van der Waals surface area contributed by atoms with Crippen LogP contribution in [0, 0.1) is 0 Å². The van der Waals surface area contributed by atoms with Crippen LogP contribution >= 0.6 is 0 Å². The van der Waals surface area contributed by atoms with Crippen LogP contribution in [-0.2, 0) is 14.3 Å². The highest BCUT2D eigenvalue weighted by atomic mass is 16.5. The van der Waals surface area contributed by atoms with Crippen molar-refractivity contribution < 1.29 is 14.3 Å². The van der Waals surface area contributed by atoms with Gasteiger partial charge >= 0.3 is 0 Å². The monoisotopic (exact) mass is 352 g/mol. The van der Waals surface area contributed by atoms with Gasteiger partial charge in [0.25, 0.3) is 0 Å². The molecule has 5 heteroatoms. The van der Waals surface area contributed by atoms with Crippen LogP contribution in [0.1, 0.15) is 25.3 Å². The molecular formula is C21H24N2O3. The number of methoxy groups -OCH3 is 1. The lowest BCUT2D eigenvalue weighted by Crippen LogP contribution is -2.31. The van der Waals surface area contributed by atoms with Crippen LogP contribution in [0.4, 0.5) is 0 Å². The van der Waals surface area contributed by atoms with Crippen molar-refractivity contribution in [1.82, 2.24) is 10.2 Å². The van der Waals surface area contributed by atoms with E-state index in [-0.39, 0.29) is 11.7 Å². The van der Waals surface area contributed by atoms with E-state index in [1.54, 1.807) is 7.11 Å². The van der Waals surface area contributed by atoms with Crippen molar-refractivity contribution >= 4 is 17.3 Å². The summed E-state index contributed by atoms with van der Waals surface area (Å²) in [6.45, 7) is 2.09. The van der Waals surface area contributed by atoms with Crippen LogP contribution in [0.2, 0.25) is 0 Å². The number of rotatable bonds is 5. The van der Waals surface area contributed by atoms with Crippen LogP contribution in [0.15, 0.2) is 59.5 Å². The highest BCUT2D eigenvalue weighted by molar-refractivity contribution is 5.97. The minimum absolute atomic E-state index is 0.0384. The standard InChI is InChI=1S/C21H24N2O3/c1-14(24)22-10-9-18-21(15-7-5-4-6-8-15)17-12-20(26-3)19(25)11-16(17)13-23(18)2/h4-8,12-13,20H,9-11H2,1-3H3,(H,22,24). The SMILES string of the molecule is COC1C=C2C(=CN(C)C(CCNC(C)=O)=C2c2ccccc2)CC1=O. The molecule has 1 aliphatic heterocycles. The van der Waals surface area contributed by atoms with Crippen molar-refractivity contribution in [3.05, 3.63) is 65.0 Å². The maximum atomic E-state index is 12.3. The first kappa shape index (κ1) is 18.1. The van der Waals surface area contributed by atoms with Crippen molar-refractivity contribution in [3.63, 3.8) is 0 Å². The van der Waals surface area contributed by atoms with Gasteiger partial charge in [-0.25, -0.2) is 0 Å². The van der Waals surface area contributed by atoms with E-state index in [1.165, 1.54) is 6.92 Å². The normalized spacial score (nSPS) is 19.7. The van der Waals surface area contributed by atoms with E-state index < -0.39 is 6.10 Å². The Morgan fingerprint density at radius 2 is 2.04 bits per heavy atom. The lowest BCUT2D eigenvalue weighted by Gasteiger charge is -2.34. The van der Waals surface area contributed by atoms with E-state index in [2.05, 4.69) is 22.3 Å². The summed E-state index contributed by atoms with van der Waals surface area (Å²) in [6, 6.07) is 10.1. The number of hydrogen-bond acceptors (Lipinski definition) is 4. The molecule has 1 atom stereocenters. The Kier molecular flexibility index (Phi) is 5.38. The Hall–Kier alpha value is -2.66. The molecular weight excluding hydrogens is 328 g/mol. The van der Waals surface area contributed by atoms with Gasteiger partial charge in [-0.15, -0.1) is 0 Å². The first-order chi connectivity index (χ1) is 12.5. The summed E-state index contributed by atoms with van der Waals surface area (Å²) < 4.78 is 5.36. The summed E-state index contributed by atoms with van der Waals surface area (Å²) in [4.78, 5) is 25.6. The van der Waals surface area contributed by atoms with Crippen molar-refractivity contribution in [2.45, 2.75) is 25.9 Å². The minimum atomic E-state index is -0.513. The number of benzene rings is 1. The first-order valence-corrected chi connectivity index (χ1v) is 8.76. The molecule has 136 valence electrons. The second kappa shape index (κ2) is 7.70. The number of ether oxygens (including phenoxy) is 1. The van der Waals surface area contributed by atoms with Gasteiger partial charge in [0, 0.05) is 57.9 Å². The fourth-order valence-corrected chi connectivity index (χ4v) is 3.52. The highest BCUT2D eigenvalue weighted by Crippen LogP contribution is 2.41. The van der Waals surface area contributed by atoms with Crippen molar-refractivity contribution in [2.75, 3.05) is 20.7 Å². The topological polar surface area (TPSA) is 58.6 Å². The van der Waals surface area contributed by atoms with Gasteiger partial charge < -0.3 is 15.0 Å². The van der Waals surface area contributed by atoms with Crippen LogP contribution in [0.5, 0.6) is 0 Å². The van der Waals surface area contributed by atoms with E-state index in [9.17, 15) is 9.59 Å². The minimum Gasteiger partial charge on any atom is -0.370 e. The number of fused-ring (bicyclic) bond motifs is 1. The molecule has 0 saturated heterocycles. The molecule has 1 N–H and O–H groups in total. The fraction of sp³-hybridized carbons (Fsp3) is 0.333. The number of allylic oxidation sites excluding steroid dienone is 3. The van der Waals surface area contributed by atoms with Crippen molar-refractivity contribution in [1.29, 1.82) is 0 Å². The average molecular weight is 352 g/mol. The number of nitrogens with zero attached hydrogens (tertiary/aromatic N) is 1. The van der Waals surface area contributed by atoms with Gasteiger partial charge in [-0.2, -0.15) is 0 Å². The Bertz CT molecular complexity index is 806. The number of hydrogen-bond donors (Lipinski definition) is 1. The van der Waals surface area contributed by atoms with E-state index >= 15 is 0 Å². The summed E-state index contributed by atoms with van der Waals surface area (Å²) in [5.41, 5.74) is 5.37. The third-order valence-corrected chi connectivity index (χ3v) is 4.73. The van der Waals surface area contributed by atoms with Gasteiger partial charge in [-0.1, -0.05) is 30.3 Å². The predicted octanol–water partition coefficient (Wildman–Crippen LogP) is 2.67. The maximum Gasteiger partial charge on any atom is 0.216 e. The van der Waals surface area contributed by atoms with E-state index in [0.29, 0.717) is 19.4 Å². The van der Waals surface area contributed by atoms with Crippen LogP contribution in [-0.4, -0.2) is 43.4 Å². The van der Waals surface area contributed by atoms with Gasteiger partial charge in [0.2, 0.25) is 5.91 Å². The van der Waals surface area contributed by atoms with E-state index in [0.717, 1.165) is 28.0 Å². The molecule has 1 unspecified atom stereocenters. The summed E-state index contributed by atoms with van der Waals surface area (Å²) >= 11 is 0. The molecule has 1 heterocycles. The molecule has 0 saturated carbocycles. The molecule has 2 aliphatic rings. The third-order valence-electron chi connectivity index (χ3n) is 4.73.